The van der Waals surface area contributed by atoms with E-state index in [9.17, 15) is 4.79 Å². The molecular formula is C15H11ClN6O. The number of nitrogens with zero attached hydrogens (tertiary/aromatic N) is 6. The van der Waals surface area contributed by atoms with Gasteiger partial charge in [-0.3, -0.25) is 9.36 Å². The molecule has 0 saturated carbocycles. The molecule has 8 heteroatoms. The maximum absolute atomic E-state index is 12.9. The van der Waals surface area contributed by atoms with Crippen LogP contribution in [-0.4, -0.2) is 14.5 Å². The van der Waals surface area contributed by atoms with E-state index < -0.39 is 6.04 Å². The fourth-order valence-electron chi connectivity index (χ4n) is 2.29. The lowest BCUT2D eigenvalue weighted by Gasteiger charge is -2.15. The summed E-state index contributed by atoms with van der Waals surface area (Å²) in [7, 11) is 0. The fourth-order valence-corrected chi connectivity index (χ4v) is 2.41. The molecule has 0 aliphatic heterocycles. The summed E-state index contributed by atoms with van der Waals surface area (Å²) in [6.07, 6.45) is 1.56. The van der Waals surface area contributed by atoms with E-state index in [4.69, 9.17) is 17.1 Å². The molecule has 0 aliphatic carbocycles. The van der Waals surface area contributed by atoms with Crippen LogP contribution in [-0.2, 0) is 0 Å². The Hall–Kier alpha value is -2.89. The predicted molar refractivity (Wildman–Crippen MR) is 87.7 cm³/mol. The minimum atomic E-state index is -0.630. The number of azide groups is 1. The van der Waals surface area contributed by atoms with Gasteiger partial charge in [0.1, 0.15) is 5.82 Å². The maximum Gasteiger partial charge on any atom is 0.267 e. The first kappa shape index (κ1) is 15.0. The molecule has 0 bridgehead atoms. The molecule has 0 N–H and O–H groups in total. The molecule has 0 fully saturated rings. The molecule has 23 heavy (non-hydrogen) atoms. The van der Waals surface area contributed by atoms with Crippen molar-refractivity contribution in [1.82, 2.24) is 14.5 Å². The number of pyridine rings is 1. The Morgan fingerprint density at radius 2 is 2.04 bits per heavy atom. The van der Waals surface area contributed by atoms with Crippen molar-refractivity contribution in [1.29, 1.82) is 0 Å². The van der Waals surface area contributed by atoms with Crippen LogP contribution in [0.4, 0.5) is 0 Å². The van der Waals surface area contributed by atoms with Gasteiger partial charge in [-0.15, -0.1) is 0 Å². The number of halogens is 1. The van der Waals surface area contributed by atoms with Gasteiger partial charge < -0.3 is 0 Å². The number of rotatable bonds is 3. The molecular weight excluding hydrogens is 316 g/mol. The van der Waals surface area contributed by atoms with E-state index in [1.807, 2.05) is 0 Å². The first-order chi connectivity index (χ1) is 11.1. The minimum Gasteiger partial charge on any atom is -0.268 e. The van der Waals surface area contributed by atoms with Gasteiger partial charge in [-0.2, -0.15) is 0 Å². The van der Waals surface area contributed by atoms with E-state index in [0.29, 0.717) is 27.6 Å². The van der Waals surface area contributed by atoms with Gasteiger partial charge in [-0.1, -0.05) is 16.7 Å². The van der Waals surface area contributed by atoms with Gasteiger partial charge in [0.2, 0.25) is 0 Å². The second kappa shape index (κ2) is 6.08. The van der Waals surface area contributed by atoms with Crippen LogP contribution in [0.1, 0.15) is 18.8 Å². The summed E-state index contributed by atoms with van der Waals surface area (Å²) in [5.41, 5.74) is 9.32. The van der Waals surface area contributed by atoms with Crippen molar-refractivity contribution in [2.24, 2.45) is 5.11 Å². The summed E-state index contributed by atoms with van der Waals surface area (Å²) in [6, 6.07) is 9.48. The first-order valence-electron chi connectivity index (χ1n) is 6.79. The summed E-state index contributed by atoms with van der Waals surface area (Å²) >= 11 is 5.91. The van der Waals surface area contributed by atoms with Gasteiger partial charge in [0.15, 0.2) is 5.65 Å². The first-order valence-corrected chi connectivity index (χ1v) is 7.17. The van der Waals surface area contributed by atoms with Crippen molar-refractivity contribution in [2.45, 2.75) is 13.0 Å². The molecule has 2 aromatic heterocycles. The minimum absolute atomic E-state index is 0.277. The topological polar surface area (TPSA) is 96.5 Å². The van der Waals surface area contributed by atoms with Crippen LogP contribution in [0.3, 0.4) is 0 Å². The average Bonchev–Trinajstić information content (AvgIpc) is 2.56. The van der Waals surface area contributed by atoms with Crippen LogP contribution < -0.4 is 5.56 Å². The summed E-state index contributed by atoms with van der Waals surface area (Å²) < 4.78 is 1.42. The van der Waals surface area contributed by atoms with Crippen LogP contribution in [0, 0.1) is 0 Å². The number of hydrogen-bond acceptors (Lipinski definition) is 4. The smallest absolute Gasteiger partial charge is 0.267 e. The van der Waals surface area contributed by atoms with Crippen molar-refractivity contribution in [3.8, 4) is 5.69 Å². The van der Waals surface area contributed by atoms with E-state index >= 15 is 0 Å². The van der Waals surface area contributed by atoms with Crippen LogP contribution in [0.2, 0.25) is 5.02 Å². The lowest BCUT2D eigenvalue weighted by atomic mass is 10.2. The highest BCUT2D eigenvalue weighted by Gasteiger charge is 2.17. The Kier molecular flexibility index (Phi) is 3.97. The molecule has 1 unspecified atom stereocenters. The normalized spacial score (nSPS) is 11.9. The van der Waals surface area contributed by atoms with E-state index in [2.05, 4.69) is 20.0 Å². The predicted octanol–water partition coefficient (Wildman–Crippen LogP) is 3.81. The summed E-state index contributed by atoms with van der Waals surface area (Å²) in [5, 5.41) is 4.60. The van der Waals surface area contributed by atoms with E-state index in [1.165, 1.54) is 4.57 Å². The Balaban J connectivity index is 2.39. The molecule has 7 nitrogen and oxygen atoms in total. The van der Waals surface area contributed by atoms with Crippen molar-refractivity contribution in [3.05, 3.63) is 74.2 Å². The highest BCUT2D eigenvalue weighted by atomic mass is 35.5. The average molecular weight is 327 g/mol. The van der Waals surface area contributed by atoms with Gasteiger partial charge in [-0.05, 0) is 48.9 Å². The number of aromatic nitrogens is 3. The SMILES string of the molecule is CC(N=[N+]=[N-])c1nc2ncccc2c(=O)n1-c1ccc(Cl)cc1. The number of benzene rings is 1. The molecule has 3 aromatic rings. The van der Waals surface area contributed by atoms with Crippen molar-refractivity contribution in [3.63, 3.8) is 0 Å². The molecule has 1 aromatic carbocycles. The quantitative estimate of drug-likeness (QED) is 0.416. The highest BCUT2D eigenvalue weighted by Crippen LogP contribution is 2.20. The second-order valence-corrected chi connectivity index (χ2v) is 5.28. The third kappa shape index (κ3) is 2.75. The van der Waals surface area contributed by atoms with Crippen LogP contribution >= 0.6 is 11.6 Å². The zero-order valence-corrected chi connectivity index (χ0v) is 12.8. The molecule has 0 saturated heterocycles. The van der Waals surface area contributed by atoms with Crippen molar-refractivity contribution in [2.75, 3.05) is 0 Å². The summed E-state index contributed by atoms with van der Waals surface area (Å²) in [4.78, 5) is 24.2. The van der Waals surface area contributed by atoms with E-state index in [1.54, 1.807) is 49.5 Å². The highest BCUT2D eigenvalue weighted by molar-refractivity contribution is 6.30. The van der Waals surface area contributed by atoms with Gasteiger partial charge >= 0.3 is 0 Å². The molecule has 1 atom stereocenters. The van der Waals surface area contributed by atoms with Gasteiger partial charge in [-0.25, -0.2) is 9.97 Å². The lowest BCUT2D eigenvalue weighted by Crippen LogP contribution is -2.25. The Morgan fingerprint density at radius 3 is 2.74 bits per heavy atom. The van der Waals surface area contributed by atoms with Gasteiger partial charge in [0, 0.05) is 16.1 Å². The summed E-state index contributed by atoms with van der Waals surface area (Å²) in [6.45, 7) is 1.67. The molecule has 0 amide bonds. The summed E-state index contributed by atoms with van der Waals surface area (Å²) in [5.74, 6) is 0.321. The molecule has 2 heterocycles. The largest absolute Gasteiger partial charge is 0.268 e. The third-order valence-corrected chi connectivity index (χ3v) is 3.61. The third-order valence-electron chi connectivity index (χ3n) is 3.35. The number of hydrogen-bond donors (Lipinski definition) is 0. The van der Waals surface area contributed by atoms with E-state index in [-0.39, 0.29) is 5.56 Å². The molecule has 0 spiro atoms. The van der Waals surface area contributed by atoms with Crippen molar-refractivity contribution < 1.29 is 0 Å². The van der Waals surface area contributed by atoms with Crippen LogP contribution in [0.15, 0.2) is 52.5 Å². The van der Waals surface area contributed by atoms with Crippen LogP contribution in [0.25, 0.3) is 27.2 Å². The Labute approximate surface area is 135 Å². The van der Waals surface area contributed by atoms with Crippen molar-refractivity contribution >= 4 is 22.6 Å². The van der Waals surface area contributed by atoms with Gasteiger partial charge in [0.25, 0.3) is 5.56 Å². The van der Waals surface area contributed by atoms with Crippen LogP contribution in [0.5, 0.6) is 0 Å². The maximum atomic E-state index is 12.9. The Morgan fingerprint density at radius 1 is 1.30 bits per heavy atom. The van der Waals surface area contributed by atoms with Gasteiger partial charge in [0.05, 0.1) is 17.1 Å². The van der Waals surface area contributed by atoms with E-state index in [0.717, 1.165) is 0 Å². The molecule has 114 valence electrons. The monoisotopic (exact) mass is 326 g/mol. The molecule has 3 rings (SSSR count). The zero-order valence-electron chi connectivity index (χ0n) is 12.1. The zero-order chi connectivity index (χ0) is 16.4. The molecule has 0 radical (unpaired) electrons. The lowest BCUT2D eigenvalue weighted by molar-refractivity contribution is 0.690. The Bertz CT molecular complexity index is 975. The fraction of sp³-hybridized carbons (Fsp3) is 0.133. The standard InChI is InChI=1S/C15H11ClN6O/c1-9(20-21-17)14-19-13-12(3-2-8-18-13)15(23)22(14)11-6-4-10(16)5-7-11/h2-9H,1H3. The molecule has 0 aliphatic rings. The second-order valence-electron chi connectivity index (χ2n) is 4.84. The number of fused-ring (bicyclic) bond motifs is 1.